The Hall–Kier alpha value is -3.42. The molecule has 0 spiro atoms. The largest absolute Gasteiger partial charge is 0.494 e. The Balaban J connectivity index is 1.36. The predicted molar refractivity (Wildman–Crippen MR) is 159 cm³/mol. The quantitative estimate of drug-likeness (QED) is 0.347. The van der Waals surface area contributed by atoms with Gasteiger partial charge in [0.25, 0.3) is 5.91 Å². The van der Waals surface area contributed by atoms with Gasteiger partial charge in [0.2, 0.25) is 0 Å². The van der Waals surface area contributed by atoms with Gasteiger partial charge >= 0.3 is 0 Å². The second-order valence-corrected chi connectivity index (χ2v) is 11.6. The number of hydrogen-bond donors (Lipinski definition) is 4. The molecular formula is C33H42N4O3. The summed E-state index contributed by atoms with van der Waals surface area (Å²) < 4.78 is 6.00. The maximum Gasteiger partial charge on any atom is 0.251 e. The summed E-state index contributed by atoms with van der Waals surface area (Å²) in [6, 6.07) is 19.8. The number of fused-ring (bicyclic) bond motifs is 4. The van der Waals surface area contributed by atoms with Crippen LogP contribution >= 0.6 is 0 Å². The molecule has 0 unspecified atom stereocenters. The van der Waals surface area contributed by atoms with Crippen molar-refractivity contribution in [3.63, 3.8) is 0 Å². The third-order valence-electron chi connectivity index (χ3n) is 8.00. The summed E-state index contributed by atoms with van der Waals surface area (Å²) in [6.45, 7) is 8.05. The number of aromatic nitrogens is 1. The van der Waals surface area contributed by atoms with E-state index in [2.05, 4.69) is 59.0 Å². The van der Waals surface area contributed by atoms with Crippen molar-refractivity contribution in [3.8, 4) is 5.75 Å². The fourth-order valence-corrected chi connectivity index (χ4v) is 5.41. The SMILES string of the molecule is Cc1cc2cc(n1)NCCCCOc1cccc(c1)C[C@H]([C@@H](O)CNC1(c3cccc(C(C)C)c3)CC1)NC2=O. The fraction of sp³-hybridized carbons (Fsp3) is 0.455. The van der Waals surface area contributed by atoms with Crippen LogP contribution in [0.3, 0.4) is 0 Å². The number of benzene rings is 2. The zero-order valence-electron chi connectivity index (χ0n) is 23.9. The van der Waals surface area contributed by atoms with Gasteiger partial charge in [-0.2, -0.15) is 0 Å². The van der Waals surface area contributed by atoms with E-state index in [9.17, 15) is 9.90 Å². The molecule has 1 amide bonds. The van der Waals surface area contributed by atoms with Gasteiger partial charge in [-0.1, -0.05) is 50.2 Å². The van der Waals surface area contributed by atoms with Gasteiger partial charge in [0.15, 0.2) is 0 Å². The lowest BCUT2D eigenvalue weighted by Crippen LogP contribution is -2.50. The molecule has 3 aromatic rings. The lowest BCUT2D eigenvalue weighted by molar-refractivity contribution is 0.0822. The molecule has 2 atom stereocenters. The average molecular weight is 543 g/mol. The molecule has 7 nitrogen and oxygen atoms in total. The lowest BCUT2D eigenvalue weighted by atomic mass is 9.95. The van der Waals surface area contributed by atoms with Gasteiger partial charge in [0.1, 0.15) is 11.6 Å². The first-order valence-corrected chi connectivity index (χ1v) is 14.6. The van der Waals surface area contributed by atoms with Crippen molar-refractivity contribution in [2.24, 2.45) is 0 Å². The van der Waals surface area contributed by atoms with E-state index < -0.39 is 12.1 Å². The molecule has 1 fully saturated rings. The third-order valence-corrected chi connectivity index (χ3v) is 8.00. The molecule has 2 aliphatic rings. The van der Waals surface area contributed by atoms with Gasteiger partial charge in [-0.15, -0.1) is 0 Å². The number of aliphatic hydroxyl groups excluding tert-OH is 1. The third kappa shape index (κ3) is 7.01. The molecule has 2 heterocycles. The molecule has 0 saturated heterocycles. The van der Waals surface area contributed by atoms with Crippen LogP contribution in [0.1, 0.15) is 78.2 Å². The van der Waals surface area contributed by atoms with Crippen molar-refractivity contribution >= 4 is 11.7 Å². The van der Waals surface area contributed by atoms with Crippen LogP contribution in [0, 0.1) is 6.92 Å². The molecular weight excluding hydrogens is 500 g/mol. The standard InChI is InChI=1S/C33H42N4O3/c1-22(2)25-9-7-10-27(19-25)33(12-13-33)35-21-30(38)29-18-24-8-6-11-28(17-24)40-15-5-4-14-34-31-20-26(32(39)37-29)16-23(3)36-31/h6-11,16-17,19-20,22,29-30,35,38H,4-5,12-15,18,21H2,1-3H3,(H,34,36)(H,37,39)/t29-,30+/m1/s1. The number of carbonyl (C=O) groups excluding carboxylic acids is 1. The van der Waals surface area contributed by atoms with Crippen molar-refractivity contribution in [1.82, 2.24) is 15.6 Å². The molecule has 40 heavy (non-hydrogen) atoms. The summed E-state index contributed by atoms with van der Waals surface area (Å²) >= 11 is 0. The normalized spacial score (nSPS) is 19.7. The Morgan fingerprint density at radius 1 is 1.10 bits per heavy atom. The molecule has 0 radical (unpaired) electrons. The van der Waals surface area contributed by atoms with Crippen LogP contribution < -0.4 is 20.7 Å². The van der Waals surface area contributed by atoms with Crippen LogP contribution in [0.15, 0.2) is 60.7 Å². The Morgan fingerprint density at radius 2 is 1.93 bits per heavy atom. The molecule has 1 aliphatic heterocycles. The van der Waals surface area contributed by atoms with Gasteiger partial charge in [-0.3, -0.25) is 4.79 Å². The zero-order valence-corrected chi connectivity index (χ0v) is 23.9. The summed E-state index contributed by atoms with van der Waals surface area (Å²) in [5.74, 6) is 1.73. The Kier molecular flexibility index (Phi) is 8.72. The second-order valence-electron chi connectivity index (χ2n) is 11.6. The van der Waals surface area contributed by atoms with Crippen LogP contribution in [-0.2, 0) is 12.0 Å². The topological polar surface area (TPSA) is 95.5 Å². The molecule has 7 heteroatoms. The van der Waals surface area contributed by atoms with E-state index in [1.165, 1.54) is 11.1 Å². The highest BCUT2D eigenvalue weighted by Crippen LogP contribution is 2.46. The van der Waals surface area contributed by atoms with E-state index in [0.717, 1.165) is 49.2 Å². The maximum absolute atomic E-state index is 13.5. The van der Waals surface area contributed by atoms with Gasteiger partial charge in [0, 0.05) is 29.9 Å². The number of rotatable bonds is 6. The number of pyridine rings is 1. The molecule has 4 N–H and O–H groups in total. The lowest BCUT2D eigenvalue weighted by Gasteiger charge is -2.28. The minimum atomic E-state index is -0.793. The van der Waals surface area contributed by atoms with E-state index in [4.69, 9.17) is 4.74 Å². The second kappa shape index (κ2) is 12.4. The molecule has 1 aromatic heterocycles. The average Bonchev–Trinajstić information content (AvgIpc) is 3.74. The van der Waals surface area contributed by atoms with Gasteiger partial charge in [-0.25, -0.2) is 4.98 Å². The number of nitrogens with one attached hydrogen (secondary N) is 3. The number of ether oxygens (including phenoxy) is 1. The van der Waals surface area contributed by atoms with Crippen molar-refractivity contribution in [1.29, 1.82) is 0 Å². The predicted octanol–water partition coefficient (Wildman–Crippen LogP) is 5.08. The summed E-state index contributed by atoms with van der Waals surface area (Å²) in [5.41, 5.74) is 4.78. The first kappa shape index (κ1) is 28.1. The van der Waals surface area contributed by atoms with E-state index in [1.807, 2.05) is 31.2 Å². The van der Waals surface area contributed by atoms with Crippen molar-refractivity contribution in [3.05, 3.63) is 88.6 Å². The summed E-state index contributed by atoms with van der Waals surface area (Å²) in [5, 5.41) is 21.6. The summed E-state index contributed by atoms with van der Waals surface area (Å²) in [4.78, 5) is 18.0. The minimum absolute atomic E-state index is 0.120. The summed E-state index contributed by atoms with van der Waals surface area (Å²) in [7, 11) is 0. The van der Waals surface area contributed by atoms with Crippen molar-refractivity contribution in [2.75, 3.05) is 25.0 Å². The van der Waals surface area contributed by atoms with E-state index >= 15 is 0 Å². The van der Waals surface area contributed by atoms with Gasteiger partial charge in [0.05, 0.1) is 18.8 Å². The van der Waals surface area contributed by atoms with Crippen LogP contribution in [0.5, 0.6) is 5.75 Å². The van der Waals surface area contributed by atoms with Gasteiger partial charge < -0.3 is 25.8 Å². The smallest absolute Gasteiger partial charge is 0.251 e. The highest BCUT2D eigenvalue weighted by molar-refractivity contribution is 5.95. The maximum atomic E-state index is 13.5. The van der Waals surface area contributed by atoms with E-state index in [1.54, 1.807) is 12.1 Å². The molecule has 4 bridgehead atoms. The molecule has 1 saturated carbocycles. The number of carbonyl (C=O) groups is 1. The Bertz CT molecular complexity index is 1320. The van der Waals surface area contributed by atoms with Crippen LogP contribution in [0.25, 0.3) is 0 Å². The number of hydrogen-bond acceptors (Lipinski definition) is 6. The molecule has 5 rings (SSSR count). The van der Waals surface area contributed by atoms with Crippen LogP contribution in [0.4, 0.5) is 5.82 Å². The van der Waals surface area contributed by atoms with Crippen molar-refractivity contribution in [2.45, 2.75) is 76.5 Å². The highest BCUT2D eigenvalue weighted by Gasteiger charge is 2.44. The van der Waals surface area contributed by atoms with Crippen LogP contribution in [0.2, 0.25) is 0 Å². The first-order chi connectivity index (χ1) is 19.3. The zero-order chi connectivity index (χ0) is 28.1. The molecule has 2 aromatic carbocycles. The van der Waals surface area contributed by atoms with E-state index in [0.29, 0.717) is 36.9 Å². The Morgan fingerprint density at radius 3 is 2.73 bits per heavy atom. The van der Waals surface area contributed by atoms with Gasteiger partial charge in [-0.05, 0) is 85.9 Å². The first-order valence-electron chi connectivity index (χ1n) is 14.6. The summed E-state index contributed by atoms with van der Waals surface area (Å²) in [6.07, 6.45) is 3.59. The number of aryl methyl sites for hydroxylation is 1. The number of amides is 1. The monoisotopic (exact) mass is 542 g/mol. The highest BCUT2D eigenvalue weighted by atomic mass is 16.5. The molecule has 1 aliphatic carbocycles. The fourth-order valence-electron chi connectivity index (χ4n) is 5.41. The minimum Gasteiger partial charge on any atom is -0.494 e. The number of aliphatic hydroxyl groups is 1. The Labute approximate surface area is 237 Å². The van der Waals surface area contributed by atoms with E-state index in [-0.39, 0.29) is 11.4 Å². The van der Waals surface area contributed by atoms with Crippen molar-refractivity contribution < 1.29 is 14.6 Å². The number of nitrogens with zero attached hydrogens (tertiary/aromatic N) is 1. The molecule has 212 valence electrons. The number of anilines is 1. The van der Waals surface area contributed by atoms with Crippen LogP contribution in [-0.4, -0.2) is 47.8 Å².